The van der Waals surface area contributed by atoms with Gasteiger partial charge >= 0.3 is 0 Å². The lowest BCUT2D eigenvalue weighted by atomic mass is 9.99. The average Bonchev–Trinajstić information content (AvgIpc) is 3.38. The number of nitrogens with two attached hydrogens (primary N) is 5. The van der Waals surface area contributed by atoms with Crippen LogP contribution in [0, 0.1) is 11.8 Å². The van der Waals surface area contributed by atoms with Crippen molar-refractivity contribution in [3.63, 3.8) is 0 Å². The molecule has 0 spiro atoms. The fraction of sp³-hybridized carbons (Fsp3) is 0.784. The molecule has 80 heavy (non-hydrogen) atoms. The van der Waals surface area contributed by atoms with E-state index in [1.165, 1.54) is 13.8 Å². The Morgan fingerprint density at radius 3 is 1.50 bits per heavy atom. The molecule has 0 saturated carbocycles. The number of unbranched alkanes of at least 4 members (excludes halogenated alkanes) is 4. The molecular formula is C51H96N16O13. The summed E-state index contributed by atoms with van der Waals surface area (Å²) in [6.45, 7) is 10.2. The molecule has 0 radical (unpaired) electrons. The van der Waals surface area contributed by atoms with E-state index in [0.717, 1.165) is 25.7 Å². The summed E-state index contributed by atoms with van der Waals surface area (Å²) in [6.07, 6.45) is 0.245. The van der Waals surface area contributed by atoms with Crippen molar-refractivity contribution in [3.8, 4) is 0 Å². The number of hydrogen-bond donors (Lipinski definition) is 18. The van der Waals surface area contributed by atoms with E-state index in [1.807, 2.05) is 0 Å². The van der Waals surface area contributed by atoms with Crippen LogP contribution in [0.15, 0.2) is 0 Å². The molecule has 458 valence electrons. The third kappa shape index (κ3) is 26.0. The molecule has 12 atom stereocenters. The summed E-state index contributed by atoms with van der Waals surface area (Å²) in [5, 5.41) is 49.3. The predicted molar refractivity (Wildman–Crippen MR) is 296 cm³/mol. The molecule has 1 saturated heterocycles. The van der Waals surface area contributed by atoms with Gasteiger partial charge in [0.1, 0.15) is 60.4 Å². The maximum atomic E-state index is 14.4. The number of carbonyl (C=O) groups excluding carboxylic acids is 11. The lowest BCUT2D eigenvalue weighted by Gasteiger charge is -2.29. The number of aliphatic hydroxyl groups is 2. The Morgan fingerprint density at radius 2 is 1.01 bits per heavy atom. The second-order valence-electron chi connectivity index (χ2n) is 20.9. The lowest BCUT2D eigenvalue weighted by Crippen LogP contribution is -2.62. The van der Waals surface area contributed by atoms with Crippen molar-refractivity contribution in [2.45, 2.75) is 205 Å². The Labute approximate surface area is 469 Å². The molecule has 1 rings (SSSR count). The van der Waals surface area contributed by atoms with Gasteiger partial charge in [-0.1, -0.05) is 60.3 Å². The molecule has 23 N–H and O–H groups in total. The van der Waals surface area contributed by atoms with E-state index in [2.05, 4.69) is 65.4 Å². The highest BCUT2D eigenvalue weighted by Gasteiger charge is 2.38. The van der Waals surface area contributed by atoms with E-state index in [-0.39, 0.29) is 83.6 Å². The van der Waals surface area contributed by atoms with Crippen LogP contribution < -0.4 is 87.2 Å². The summed E-state index contributed by atoms with van der Waals surface area (Å²) in [6, 6.07) is -14.5. The number of amides is 11. The Kier molecular flexibility index (Phi) is 34.6. The molecule has 1 heterocycles. The maximum absolute atomic E-state index is 14.4. The Hall–Kier alpha value is -6.11. The summed E-state index contributed by atoms with van der Waals surface area (Å²) in [7, 11) is 0. The van der Waals surface area contributed by atoms with Crippen LogP contribution >= 0.6 is 0 Å². The van der Waals surface area contributed by atoms with Crippen molar-refractivity contribution >= 4 is 65.0 Å². The number of nitrogens with one attached hydrogen (secondary N) is 11. The van der Waals surface area contributed by atoms with Crippen LogP contribution in [0.3, 0.4) is 0 Å². The number of aliphatic hydroxyl groups excluding tert-OH is 2. The lowest BCUT2D eigenvalue weighted by molar-refractivity contribution is -0.137. The molecule has 29 heteroatoms. The zero-order valence-corrected chi connectivity index (χ0v) is 47.8. The predicted octanol–water partition coefficient (Wildman–Crippen LogP) is -6.08. The topological polar surface area (TPSA) is 491 Å². The highest BCUT2D eigenvalue weighted by molar-refractivity contribution is 5.99. The highest BCUT2D eigenvalue weighted by atomic mass is 16.3. The summed E-state index contributed by atoms with van der Waals surface area (Å²) in [5.41, 5.74) is 29.1. The van der Waals surface area contributed by atoms with Gasteiger partial charge in [0.2, 0.25) is 65.0 Å². The molecule has 1 fully saturated rings. The first-order chi connectivity index (χ1) is 37.8. The fourth-order valence-corrected chi connectivity index (χ4v) is 8.47. The van der Waals surface area contributed by atoms with Crippen LogP contribution in [0.4, 0.5) is 0 Å². The van der Waals surface area contributed by atoms with E-state index in [1.54, 1.807) is 27.7 Å². The van der Waals surface area contributed by atoms with Crippen molar-refractivity contribution in [3.05, 3.63) is 0 Å². The smallest absolute Gasteiger partial charge is 0.245 e. The standard InChI is InChI=1S/C51H96N16O13/c1-8-9-10-11-12-13-38(70)58-31(14-20-52)46(75)67-41(30(7)69)51(80)63-34(17-23-55)43(72)61-36-19-25-57-49(78)40(29(6)68)66-47(76)35(18-24-56)60-42(71)33(16-22-54)62-50(79)39(28(4)5)65-48(77)37(26-27(2)3)64-44(73)32(15-21-53)59-45(36)74/h27-37,39-41,68-69H,8-26,52-56H2,1-7H3,(H,57,78)(H,58,70)(H,59,74)(H,60,71)(H,61,72)(H,62,79)(H,63,80)(H,64,73)(H,65,77)(H,66,76)(H,67,75)/t29-,30-,31+,32+,33+,34+,35+,36+,37-,39+,40+,41+/m1/s1. The minimum absolute atomic E-state index is 0.0103. The van der Waals surface area contributed by atoms with Gasteiger partial charge in [-0.25, -0.2) is 0 Å². The first kappa shape index (κ1) is 71.9. The van der Waals surface area contributed by atoms with Gasteiger partial charge in [-0.05, 0) is 110 Å². The fourth-order valence-electron chi connectivity index (χ4n) is 8.47. The third-order valence-electron chi connectivity index (χ3n) is 13.0. The minimum Gasteiger partial charge on any atom is -0.391 e. The van der Waals surface area contributed by atoms with Gasteiger partial charge in [0.15, 0.2) is 0 Å². The molecule has 1 aliphatic rings. The zero-order valence-electron chi connectivity index (χ0n) is 47.8. The van der Waals surface area contributed by atoms with Crippen molar-refractivity contribution in [2.24, 2.45) is 40.5 Å². The van der Waals surface area contributed by atoms with Gasteiger partial charge in [0.25, 0.3) is 0 Å². The van der Waals surface area contributed by atoms with Crippen molar-refractivity contribution < 1.29 is 63.0 Å². The zero-order chi connectivity index (χ0) is 60.6. The van der Waals surface area contributed by atoms with Gasteiger partial charge in [0, 0.05) is 13.0 Å². The molecule has 0 bridgehead atoms. The van der Waals surface area contributed by atoms with Crippen LogP contribution in [-0.4, -0.2) is 187 Å². The summed E-state index contributed by atoms with van der Waals surface area (Å²) in [4.78, 5) is 152. The van der Waals surface area contributed by atoms with Crippen molar-refractivity contribution in [2.75, 3.05) is 39.3 Å². The maximum Gasteiger partial charge on any atom is 0.245 e. The number of carbonyl (C=O) groups is 11. The third-order valence-corrected chi connectivity index (χ3v) is 13.0. The minimum atomic E-state index is -1.69. The molecule has 0 aromatic carbocycles. The quantitative estimate of drug-likeness (QED) is 0.0324. The van der Waals surface area contributed by atoms with Gasteiger partial charge in [-0.15, -0.1) is 0 Å². The first-order valence-electron chi connectivity index (χ1n) is 28.0. The van der Waals surface area contributed by atoms with Gasteiger partial charge < -0.3 is 97.4 Å². The largest absolute Gasteiger partial charge is 0.391 e. The Balaban J connectivity index is 3.80. The van der Waals surface area contributed by atoms with Crippen LogP contribution in [0.2, 0.25) is 0 Å². The molecule has 0 unspecified atom stereocenters. The Morgan fingerprint density at radius 1 is 0.537 bits per heavy atom. The van der Waals surface area contributed by atoms with E-state index in [4.69, 9.17) is 28.7 Å². The molecule has 0 aromatic heterocycles. The van der Waals surface area contributed by atoms with Gasteiger partial charge in [0.05, 0.1) is 12.2 Å². The molecular weight excluding hydrogens is 1040 g/mol. The summed E-state index contributed by atoms with van der Waals surface area (Å²) < 4.78 is 0. The van der Waals surface area contributed by atoms with E-state index in [9.17, 15) is 63.0 Å². The summed E-state index contributed by atoms with van der Waals surface area (Å²) in [5.74, 6) is -10.4. The number of rotatable bonds is 28. The molecule has 0 aromatic rings. The van der Waals surface area contributed by atoms with E-state index >= 15 is 0 Å². The van der Waals surface area contributed by atoms with Crippen LogP contribution in [0.5, 0.6) is 0 Å². The number of hydrogen-bond acceptors (Lipinski definition) is 18. The summed E-state index contributed by atoms with van der Waals surface area (Å²) >= 11 is 0. The van der Waals surface area contributed by atoms with Crippen molar-refractivity contribution in [1.29, 1.82) is 0 Å². The molecule has 29 nitrogen and oxygen atoms in total. The SMILES string of the molecule is CCCCCCCC(=O)N[C@@H](CCN)C(=O)N[C@H](C(=O)N[C@@H](CCN)C(=O)N[C@H]1CCNC(=O)[C@H]([C@@H](C)O)NC(=O)[C@H](CCN)NC(=O)[C@H](CCN)NC(=O)[C@H](C(C)C)NC(=O)[C@@H](CC(C)C)NC(=O)[C@H](CCN)NC1=O)[C@@H](C)O. The van der Waals surface area contributed by atoms with Crippen molar-refractivity contribution in [1.82, 2.24) is 58.5 Å². The van der Waals surface area contributed by atoms with E-state index in [0.29, 0.717) is 6.42 Å². The van der Waals surface area contributed by atoms with Gasteiger partial charge in [-0.3, -0.25) is 52.7 Å². The van der Waals surface area contributed by atoms with Crippen LogP contribution in [-0.2, 0) is 52.7 Å². The molecule has 1 aliphatic heterocycles. The van der Waals surface area contributed by atoms with E-state index < -0.39 is 156 Å². The van der Waals surface area contributed by atoms with Crippen LogP contribution in [0.25, 0.3) is 0 Å². The second kappa shape index (κ2) is 38.5. The highest BCUT2D eigenvalue weighted by Crippen LogP contribution is 2.12. The molecule has 0 aliphatic carbocycles. The second-order valence-corrected chi connectivity index (χ2v) is 20.9. The van der Waals surface area contributed by atoms with Gasteiger partial charge in [-0.2, -0.15) is 0 Å². The van der Waals surface area contributed by atoms with Crippen LogP contribution in [0.1, 0.15) is 132 Å². The molecule has 11 amide bonds. The first-order valence-corrected chi connectivity index (χ1v) is 28.0. The normalized spacial score (nSPS) is 23.3. The monoisotopic (exact) mass is 1140 g/mol. The Bertz CT molecular complexity index is 2010. The average molecular weight is 1140 g/mol.